The van der Waals surface area contributed by atoms with Gasteiger partial charge in [0.1, 0.15) is 0 Å². The number of rotatable bonds is 6. The van der Waals surface area contributed by atoms with Crippen LogP contribution in [-0.4, -0.2) is 15.0 Å². The lowest BCUT2D eigenvalue weighted by molar-refractivity contribution is 1.07. The number of nitrogens with zero attached hydrogens (tertiary/aromatic N) is 3. The molecule has 0 bridgehead atoms. The van der Waals surface area contributed by atoms with Crippen LogP contribution in [0.25, 0.3) is 50.6 Å². The van der Waals surface area contributed by atoms with E-state index in [1.165, 1.54) is 0 Å². The molecular weight excluding hydrogens is 486 g/mol. The molecular formula is C34H24ClN3. The fourth-order valence-electron chi connectivity index (χ4n) is 4.29. The first kappa shape index (κ1) is 24.9. The number of hydrogen-bond acceptors (Lipinski definition) is 3. The van der Waals surface area contributed by atoms with Gasteiger partial charge in [-0.3, -0.25) is 0 Å². The zero-order valence-corrected chi connectivity index (χ0v) is 21.6. The minimum absolute atomic E-state index is 0.156. The predicted molar refractivity (Wildman–Crippen MR) is 158 cm³/mol. The van der Waals surface area contributed by atoms with Gasteiger partial charge in [-0.2, -0.15) is 9.97 Å². The molecule has 5 rings (SSSR count). The molecule has 1 aromatic heterocycles. The standard InChI is InChI=1S/C34H24ClN3/c1-3-12-24(13-4-2)29-21-30(25-14-7-5-8-15-25)23-31(22-29)27-18-11-19-28(20-27)33-36-32(37-34(35)38-33)26-16-9-6-10-17-26/h1,4-23H,2H3/b13-4-,24-12+. The van der Waals surface area contributed by atoms with E-state index in [-0.39, 0.29) is 5.28 Å². The lowest BCUT2D eigenvalue weighted by atomic mass is 9.92. The minimum Gasteiger partial charge on any atom is -0.208 e. The molecule has 0 spiro atoms. The number of allylic oxidation sites excluding steroid dienone is 4. The van der Waals surface area contributed by atoms with Gasteiger partial charge in [-0.25, -0.2) is 4.98 Å². The zero-order valence-electron chi connectivity index (χ0n) is 20.8. The van der Waals surface area contributed by atoms with Gasteiger partial charge >= 0.3 is 0 Å². The van der Waals surface area contributed by atoms with E-state index in [1.54, 1.807) is 6.08 Å². The smallest absolute Gasteiger partial charge is 0.208 e. The van der Waals surface area contributed by atoms with Gasteiger partial charge in [0.2, 0.25) is 5.28 Å². The summed E-state index contributed by atoms with van der Waals surface area (Å²) in [4.78, 5) is 13.5. The maximum Gasteiger partial charge on any atom is 0.226 e. The number of hydrogen-bond donors (Lipinski definition) is 0. The summed E-state index contributed by atoms with van der Waals surface area (Å²) >= 11 is 6.32. The summed E-state index contributed by atoms with van der Waals surface area (Å²) in [7, 11) is 0. The van der Waals surface area contributed by atoms with E-state index < -0.39 is 0 Å². The second-order valence-corrected chi connectivity index (χ2v) is 8.97. The third kappa shape index (κ3) is 5.62. The Morgan fingerprint density at radius 2 is 1.21 bits per heavy atom. The molecule has 4 heteroatoms. The van der Waals surface area contributed by atoms with E-state index in [9.17, 15) is 0 Å². The topological polar surface area (TPSA) is 38.7 Å². The largest absolute Gasteiger partial charge is 0.226 e. The highest BCUT2D eigenvalue weighted by Gasteiger charge is 2.12. The Bertz CT molecular complexity index is 1680. The van der Waals surface area contributed by atoms with Crippen molar-refractivity contribution in [1.82, 2.24) is 15.0 Å². The van der Waals surface area contributed by atoms with Crippen LogP contribution < -0.4 is 0 Å². The molecule has 0 saturated heterocycles. The van der Waals surface area contributed by atoms with Crippen molar-refractivity contribution >= 4 is 17.2 Å². The first-order valence-electron chi connectivity index (χ1n) is 12.2. The Morgan fingerprint density at radius 3 is 1.87 bits per heavy atom. The maximum absolute atomic E-state index is 6.32. The van der Waals surface area contributed by atoms with Gasteiger partial charge in [0.15, 0.2) is 11.6 Å². The molecule has 0 aliphatic carbocycles. The average Bonchev–Trinajstić information content (AvgIpc) is 2.97. The number of aromatic nitrogens is 3. The summed E-state index contributed by atoms with van der Waals surface area (Å²) in [5, 5.41) is 0.156. The van der Waals surface area contributed by atoms with Gasteiger partial charge in [0, 0.05) is 11.1 Å². The van der Waals surface area contributed by atoms with Crippen LogP contribution in [0.4, 0.5) is 0 Å². The van der Waals surface area contributed by atoms with E-state index in [0.29, 0.717) is 11.6 Å². The Labute approximate surface area is 228 Å². The van der Waals surface area contributed by atoms with Gasteiger partial charge in [0.05, 0.1) is 0 Å². The van der Waals surface area contributed by atoms with Gasteiger partial charge in [-0.15, -0.1) is 6.42 Å². The number of benzene rings is 4. The van der Waals surface area contributed by atoms with Gasteiger partial charge in [-0.1, -0.05) is 96.9 Å². The van der Waals surface area contributed by atoms with Crippen LogP contribution in [0.2, 0.25) is 5.28 Å². The van der Waals surface area contributed by atoms with Crippen LogP contribution in [0, 0.1) is 12.3 Å². The van der Waals surface area contributed by atoms with Crippen LogP contribution >= 0.6 is 11.6 Å². The van der Waals surface area contributed by atoms with Gasteiger partial charge < -0.3 is 0 Å². The van der Waals surface area contributed by atoms with Crippen LogP contribution in [0.15, 0.2) is 121 Å². The van der Waals surface area contributed by atoms with Crippen LogP contribution in [0.5, 0.6) is 0 Å². The number of halogens is 1. The highest BCUT2D eigenvalue weighted by Crippen LogP contribution is 2.33. The second kappa shape index (κ2) is 11.5. The van der Waals surface area contributed by atoms with E-state index in [0.717, 1.165) is 44.5 Å². The third-order valence-electron chi connectivity index (χ3n) is 6.05. The van der Waals surface area contributed by atoms with Crippen molar-refractivity contribution in [2.75, 3.05) is 0 Å². The summed E-state index contributed by atoms with van der Waals surface area (Å²) < 4.78 is 0. The first-order valence-corrected chi connectivity index (χ1v) is 12.6. The quantitative estimate of drug-likeness (QED) is 0.169. The highest BCUT2D eigenvalue weighted by atomic mass is 35.5. The highest BCUT2D eigenvalue weighted by molar-refractivity contribution is 6.28. The van der Waals surface area contributed by atoms with Crippen molar-refractivity contribution in [3.8, 4) is 57.4 Å². The first-order chi connectivity index (χ1) is 18.6. The average molecular weight is 510 g/mol. The summed E-state index contributed by atoms with van der Waals surface area (Å²) in [6.45, 7) is 1.99. The fourth-order valence-corrected chi connectivity index (χ4v) is 4.45. The molecule has 0 N–H and O–H groups in total. The Morgan fingerprint density at radius 1 is 0.658 bits per heavy atom. The molecule has 38 heavy (non-hydrogen) atoms. The van der Waals surface area contributed by atoms with E-state index in [4.69, 9.17) is 23.0 Å². The fraction of sp³-hybridized carbons (Fsp3) is 0.0294. The zero-order chi connectivity index (χ0) is 26.3. The van der Waals surface area contributed by atoms with Crippen molar-refractivity contribution in [1.29, 1.82) is 0 Å². The third-order valence-corrected chi connectivity index (χ3v) is 6.22. The van der Waals surface area contributed by atoms with Crippen molar-refractivity contribution < 1.29 is 0 Å². The van der Waals surface area contributed by atoms with Crippen LogP contribution in [0.1, 0.15) is 12.5 Å². The van der Waals surface area contributed by atoms with Gasteiger partial charge in [-0.05, 0) is 82.3 Å². The molecule has 0 unspecified atom stereocenters. The minimum atomic E-state index is 0.156. The summed E-state index contributed by atoms with van der Waals surface area (Å²) in [6, 6.07) is 34.7. The lowest BCUT2D eigenvalue weighted by Crippen LogP contribution is -1.97. The Balaban J connectivity index is 1.64. The Kier molecular flexibility index (Phi) is 7.54. The molecule has 5 aromatic rings. The number of terminal acetylenes is 1. The van der Waals surface area contributed by atoms with Crippen molar-refractivity contribution in [2.45, 2.75) is 6.92 Å². The molecule has 3 nitrogen and oxygen atoms in total. The molecule has 182 valence electrons. The van der Waals surface area contributed by atoms with E-state index >= 15 is 0 Å². The van der Waals surface area contributed by atoms with Crippen molar-refractivity contribution in [2.24, 2.45) is 0 Å². The van der Waals surface area contributed by atoms with Crippen molar-refractivity contribution in [3.05, 3.63) is 132 Å². The molecule has 0 atom stereocenters. The maximum atomic E-state index is 6.32. The molecule has 4 aromatic carbocycles. The summed E-state index contributed by atoms with van der Waals surface area (Å²) in [6.07, 6.45) is 11.5. The lowest BCUT2D eigenvalue weighted by Gasteiger charge is -2.12. The molecule has 0 radical (unpaired) electrons. The Hall–Kier alpha value is -4.78. The van der Waals surface area contributed by atoms with Crippen LogP contribution in [0.3, 0.4) is 0 Å². The molecule has 0 amide bonds. The monoisotopic (exact) mass is 509 g/mol. The van der Waals surface area contributed by atoms with Crippen LogP contribution in [-0.2, 0) is 0 Å². The SMILES string of the molecule is C#C/C=C(\C=C/C)c1cc(-c2ccccc2)cc(-c2cccc(-c3nc(Cl)nc(-c4ccccc4)n3)c2)c1. The van der Waals surface area contributed by atoms with E-state index in [1.807, 2.05) is 79.7 Å². The van der Waals surface area contributed by atoms with E-state index in [2.05, 4.69) is 58.4 Å². The molecule has 1 heterocycles. The molecule has 0 fully saturated rings. The summed E-state index contributed by atoms with van der Waals surface area (Å²) in [5.74, 6) is 3.73. The summed E-state index contributed by atoms with van der Waals surface area (Å²) in [5.41, 5.74) is 8.06. The predicted octanol–water partition coefficient (Wildman–Crippen LogP) is 8.79. The van der Waals surface area contributed by atoms with Gasteiger partial charge in [0.25, 0.3) is 0 Å². The molecule has 0 saturated carbocycles. The normalized spacial score (nSPS) is 11.4. The van der Waals surface area contributed by atoms with Crippen molar-refractivity contribution in [3.63, 3.8) is 0 Å². The molecule has 0 aliphatic rings. The second-order valence-electron chi connectivity index (χ2n) is 8.63. The molecule has 0 aliphatic heterocycles.